The zero-order valence-corrected chi connectivity index (χ0v) is 18.1. The zero-order valence-electron chi connectivity index (χ0n) is 15.9. The van der Waals surface area contributed by atoms with Gasteiger partial charge in [-0.1, -0.05) is 90.6 Å². The summed E-state index contributed by atoms with van der Waals surface area (Å²) in [5.74, 6) is 3.25. The van der Waals surface area contributed by atoms with Crippen LogP contribution in [0.5, 0.6) is 0 Å². The van der Waals surface area contributed by atoms with E-state index in [0.29, 0.717) is 5.92 Å². The van der Waals surface area contributed by atoms with Crippen LogP contribution in [0.1, 0.15) is 57.1 Å². The normalized spacial score (nSPS) is 37.3. The van der Waals surface area contributed by atoms with Gasteiger partial charge in [0.15, 0.2) is 0 Å². The van der Waals surface area contributed by atoms with E-state index in [0.717, 1.165) is 21.7 Å². The molecule has 0 saturated heterocycles. The van der Waals surface area contributed by atoms with Crippen LogP contribution >= 0.6 is 22.6 Å². The third-order valence-electron chi connectivity index (χ3n) is 7.76. The molecule has 1 aromatic carbocycles. The molecule has 4 aliphatic carbocycles. The molecule has 0 bridgehead atoms. The van der Waals surface area contributed by atoms with Crippen LogP contribution in [0.4, 0.5) is 0 Å². The molecule has 1 saturated carbocycles. The first-order valence-corrected chi connectivity index (χ1v) is 11.6. The van der Waals surface area contributed by atoms with Gasteiger partial charge in [0, 0.05) is 3.92 Å². The van der Waals surface area contributed by atoms with E-state index in [1.165, 1.54) is 37.7 Å². The average molecular weight is 456 g/mol. The fraction of sp³-hybridized carbons (Fsp3) is 0.520. The number of hydrogen-bond donors (Lipinski definition) is 0. The van der Waals surface area contributed by atoms with Crippen molar-refractivity contribution in [3.63, 3.8) is 0 Å². The minimum Gasteiger partial charge on any atom is -0.0841 e. The first-order chi connectivity index (χ1) is 12.5. The van der Waals surface area contributed by atoms with Gasteiger partial charge in [-0.15, -0.1) is 0 Å². The Labute approximate surface area is 172 Å². The first kappa shape index (κ1) is 17.3. The van der Waals surface area contributed by atoms with Crippen molar-refractivity contribution in [2.75, 3.05) is 0 Å². The van der Waals surface area contributed by atoms with Gasteiger partial charge in [-0.3, -0.25) is 0 Å². The fourth-order valence-electron chi connectivity index (χ4n) is 6.20. The number of fused-ring (bicyclic) bond motifs is 4. The Bertz CT molecular complexity index is 809. The van der Waals surface area contributed by atoms with E-state index in [-0.39, 0.29) is 5.41 Å². The van der Waals surface area contributed by atoms with Crippen molar-refractivity contribution in [1.29, 1.82) is 0 Å². The smallest absolute Gasteiger partial charge is 0.0292 e. The molecule has 0 radical (unpaired) electrons. The van der Waals surface area contributed by atoms with Gasteiger partial charge < -0.3 is 0 Å². The second-order valence-electron chi connectivity index (χ2n) is 9.46. The van der Waals surface area contributed by atoms with Crippen molar-refractivity contribution < 1.29 is 0 Å². The lowest BCUT2D eigenvalue weighted by atomic mass is 9.65. The molecule has 0 aliphatic heterocycles. The van der Waals surface area contributed by atoms with Gasteiger partial charge in [0.05, 0.1) is 0 Å². The molecule has 0 spiro atoms. The van der Waals surface area contributed by atoms with Crippen LogP contribution in [-0.2, 0) is 5.41 Å². The van der Waals surface area contributed by atoms with E-state index in [9.17, 15) is 0 Å². The van der Waals surface area contributed by atoms with Gasteiger partial charge in [-0.05, 0) is 77.9 Å². The summed E-state index contributed by atoms with van der Waals surface area (Å²) < 4.78 is 0.766. The van der Waals surface area contributed by atoms with Crippen LogP contribution in [0.15, 0.2) is 54.1 Å². The predicted octanol–water partition coefficient (Wildman–Crippen LogP) is 7.10. The molecule has 0 amide bonds. The lowest BCUT2D eigenvalue weighted by molar-refractivity contribution is 0.215. The number of alkyl halides is 1. The Kier molecular flexibility index (Phi) is 4.23. The summed E-state index contributed by atoms with van der Waals surface area (Å²) in [5.41, 5.74) is 6.65. The van der Waals surface area contributed by atoms with Crippen molar-refractivity contribution in [3.05, 3.63) is 65.3 Å². The van der Waals surface area contributed by atoms with Gasteiger partial charge in [0.25, 0.3) is 0 Å². The molecule has 4 unspecified atom stereocenters. The lowest BCUT2D eigenvalue weighted by Crippen LogP contribution is -2.31. The Balaban J connectivity index is 1.41. The average Bonchev–Trinajstić information content (AvgIpc) is 2.89. The van der Waals surface area contributed by atoms with Crippen LogP contribution in [0.2, 0.25) is 0 Å². The molecule has 1 aromatic rings. The largest absolute Gasteiger partial charge is 0.0841 e. The maximum Gasteiger partial charge on any atom is 0.0292 e. The molecule has 5 atom stereocenters. The topological polar surface area (TPSA) is 0 Å². The number of benzene rings is 1. The van der Waals surface area contributed by atoms with Crippen molar-refractivity contribution in [3.8, 4) is 0 Å². The lowest BCUT2D eigenvalue weighted by Gasteiger charge is -2.41. The van der Waals surface area contributed by atoms with Crippen molar-refractivity contribution in [2.45, 2.75) is 55.3 Å². The fourth-order valence-corrected chi connectivity index (χ4v) is 7.09. The molecule has 0 N–H and O–H groups in total. The van der Waals surface area contributed by atoms with Gasteiger partial charge in [-0.2, -0.15) is 0 Å². The van der Waals surface area contributed by atoms with E-state index in [2.05, 4.69) is 85.0 Å². The van der Waals surface area contributed by atoms with Crippen LogP contribution in [0.25, 0.3) is 5.57 Å². The van der Waals surface area contributed by atoms with Crippen LogP contribution in [0, 0.1) is 23.7 Å². The minimum atomic E-state index is 0.262. The maximum atomic E-state index is 2.61. The SMILES string of the molecule is CC1(C)c2ccccc2C2=CC=C(C3CCC4C[C@@H](I)C=CC4C3)CC21. The van der Waals surface area contributed by atoms with Crippen molar-refractivity contribution >= 4 is 28.2 Å². The number of allylic oxidation sites excluding steroid dienone is 6. The molecule has 4 aliphatic rings. The minimum absolute atomic E-state index is 0.262. The molecule has 5 rings (SSSR count). The molecule has 26 heavy (non-hydrogen) atoms. The Morgan fingerprint density at radius 3 is 2.73 bits per heavy atom. The van der Waals surface area contributed by atoms with E-state index in [4.69, 9.17) is 0 Å². The van der Waals surface area contributed by atoms with Crippen molar-refractivity contribution in [1.82, 2.24) is 0 Å². The highest BCUT2D eigenvalue weighted by Gasteiger charge is 2.44. The molecular formula is C25H29I. The van der Waals surface area contributed by atoms with Crippen molar-refractivity contribution in [2.24, 2.45) is 23.7 Å². The van der Waals surface area contributed by atoms with E-state index >= 15 is 0 Å². The van der Waals surface area contributed by atoms with Crippen LogP contribution in [0.3, 0.4) is 0 Å². The third-order valence-corrected chi connectivity index (χ3v) is 8.69. The van der Waals surface area contributed by atoms with Crippen LogP contribution in [-0.4, -0.2) is 3.92 Å². The van der Waals surface area contributed by atoms with Gasteiger partial charge in [0.2, 0.25) is 0 Å². The summed E-state index contributed by atoms with van der Waals surface area (Å²) in [5, 5.41) is 0. The summed E-state index contributed by atoms with van der Waals surface area (Å²) in [4.78, 5) is 0. The third kappa shape index (κ3) is 2.68. The number of hydrogen-bond acceptors (Lipinski definition) is 0. The number of halogens is 1. The molecule has 0 aromatic heterocycles. The predicted molar refractivity (Wildman–Crippen MR) is 120 cm³/mol. The molecule has 0 nitrogen and oxygen atoms in total. The summed E-state index contributed by atoms with van der Waals surface area (Å²) in [6, 6.07) is 9.10. The summed E-state index contributed by atoms with van der Waals surface area (Å²) >= 11 is 2.61. The summed E-state index contributed by atoms with van der Waals surface area (Å²) in [7, 11) is 0. The Morgan fingerprint density at radius 1 is 1.00 bits per heavy atom. The van der Waals surface area contributed by atoms with Crippen LogP contribution < -0.4 is 0 Å². The molecule has 1 heteroatoms. The molecule has 136 valence electrons. The molecular weight excluding hydrogens is 427 g/mol. The van der Waals surface area contributed by atoms with E-state index < -0.39 is 0 Å². The Morgan fingerprint density at radius 2 is 1.85 bits per heavy atom. The van der Waals surface area contributed by atoms with E-state index in [1.54, 1.807) is 16.7 Å². The first-order valence-electron chi connectivity index (χ1n) is 10.4. The van der Waals surface area contributed by atoms with E-state index in [1.807, 2.05) is 0 Å². The van der Waals surface area contributed by atoms with Gasteiger partial charge in [0.1, 0.15) is 0 Å². The van der Waals surface area contributed by atoms with Gasteiger partial charge in [-0.25, -0.2) is 0 Å². The standard InChI is InChI=1S/C25H29I/c1-25(2)23-6-4-3-5-21(23)22-12-10-19(15-24(22)25)16-7-8-18-14-20(26)11-9-17(18)13-16/h3-6,9-12,16-18,20,24H,7-8,13-15H2,1-2H3/t16?,17?,18?,20-,24?/m0/s1. The highest BCUT2D eigenvalue weighted by atomic mass is 127. The zero-order chi connectivity index (χ0) is 17.9. The quantitative estimate of drug-likeness (QED) is 0.240. The molecule has 1 fully saturated rings. The maximum absolute atomic E-state index is 2.61. The Hall–Kier alpha value is -0.830. The monoisotopic (exact) mass is 456 g/mol. The van der Waals surface area contributed by atoms with Gasteiger partial charge >= 0.3 is 0 Å². The second kappa shape index (κ2) is 6.36. The summed E-state index contributed by atoms with van der Waals surface area (Å²) in [6.07, 6.45) is 16.9. The molecule has 0 heterocycles. The highest BCUT2D eigenvalue weighted by Crippen LogP contribution is 2.55. The second-order valence-corrected chi connectivity index (χ2v) is 11.1. The highest BCUT2D eigenvalue weighted by molar-refractivity contribution is 14.1. The number of rotatable bonds is 1. The summed E-state index contributed by atoms with van der Waals surface area (Å²) in [6.45, 7) is 4.92.